The Balaban J connectivity index is 1.03. The predicted octanol–water partition coefficient (Wildman–Crippen LogP) is 3.91. The van der Waals surface area contributed by atoms with Gasteiger partial charge in [-0.1, -0.05) is 0 Å². The third kappa shape index (κ3) is 9.59. The van der Waals surface area contributed by atoms with Gasteiger partial charge >= 0.3 is 23.9 Å². The minimum absolute atomic E-state index is 0.00553. The molecule has 0 saturated carbocycles. The molecule has 0 bridgehead atoms. The summed E-state index contributed by atoms with van der Waals surface area (Å²) < 4.78 is 58.6. The molecule has 1 amide bonds. The van der Waals surface area contributed by atoms with Gasteiger partial charge in [-0.2, -0.15) is 0 Å². The highest BCUT2D eigenvalue weighted by atomic mass is 16.7. The monoisotopic (exact) mass is 1090 g/mol. The van der Waals surface area contributed by atoms with Crippen LogP contribution in [0, 0.1) is 5.92 Å². The number of nitrogens with zero attached hydrogens (tertiary/aromatic N) is 2. The number of hydrogen-bond donors (Lipinski definition) is 4. The van der Waals surface area contributed by atoms with E-state index in [-0.39, 0.29) is 70.3 Å². The van der Waals surface area contributed by atoms with Crippen LogP contribution in [-0.4, -0.2) is 167 Å². The van der Waals surface area contributed by atoms with Gasteiger partial charge in [0.25, 0.3) is 0 Å². The van der Waals surface area contributed by atoms with Gasteiger partial charge in [0.1, 0.15) is 11.5 Å². The number of hydrogen-bond acceptors (Lipinski definition) is 20. The zero-order valence-electron chi connectivity index (χ0n) is 45.5. The minimum Gasteiger partial charge on any atom is -0.497 e. The number of esters is 4. The Hall–Kier alpha value is -6.13. The van der Waals surface area contributed by atoms with Crippen LogP contribution in [0.15, 0.2) is 47.9 Å². The van der Waals surface area contributed by atoms with E-state index in [2.05, 4.69) is 4.90 Å². The molecule has 78 heavy (non-hydrogen) atoms. The standard InChI is InChI=1S/C57H72N2O19/c1-52(2,65)13-9-14-56(67,27-43(60)71-7)50(63)78-48-42(70-6)26-55-24-35(49(62)59(55)19-12-32-21-38-40(76-30-74-38)23-34(32)46(48)55)36-10-15-54-25-41(69-5)47(77-51(64)57(68,28-44(61)72-8)17-16-53(3,4)66)45(54)33-22-39-37(73-29-75-39)20-31(33)11-18-58(36)54/h20-23,25-26,35-36,45-48,65-68H,9-19,24,27-30H2,1-8H3. The second-order valence-corrected chi connectivity index (χ2v) is 23.5. The van der Waals surface area contributed by atoms with Gasteiger partial charge in [-0.3, -0.25) is 19.3 Å². The summed E-state index contributed by atoms with van der Waals surface area (Å²) in [6.45, 7) is 6.99. The number of methoxy groups -OCH3 is 4. The van der Waals surface area contributed by atoms with Crippen LogP contribution < -0.4 is 18.9 Å². The van der Waals surface area contributed by atoms with E-state index in [9.17, 15) is 39.6 Å². The lowest BCUT2D eigenvalue weighted by atomic mass is 9.75. The normalized spacial score (nSPS) is 28.9. The number of ether oxygens (including phenoxy) is 10. The smallest absolute Gasteiger partial charge is 0.339 e. The van der Waals surface area contributed by atoms with Crippen molar-refractivity contribution >= 4 is 29.8 Å². The molecular formula is C57H72N2O19. The summed E-state index contributed by atoms with van der Waals surface area (Å²) in [4.78, 5) is 75.0. The molecule has 0 radical (unpaired) electrons. The molecule has 21 heteroatoms. The molecule has 10 unspecified atom stereocenters. The molecule has 2 aromatic carbocycles. The van der Waals surface area contributed by atoms with Gasteiger partial charge in [0.2, 0.25) is 19.5 Å². The number of fused-ring (bicyclic) bond motifs is 6. The first-order valence-electron chi connectivity index (χ1n) is 26.8. The number of amides is 1. The number of rotatable bonds is 18. The van der Waals surface area contributed by atoms with Crippen molar-refractivity contribution in [1.82, 2.24) is 9.80 Å². The molecule has 2 saturated heterocycles. The zero-order valence-corrected chi connectivity index (χ0v) is 45.5. The molecule has 2 spiro atoms. The topological polar surface area (TPSA) is 265 Å². The summed E-state index contributed by atoms with van der Waals surface area (Å²) in [5, 5.41) is 45.4. The van der Waals surface area contributed by atoms with Gasteiger partial charge in [-0.05, 0) is 151 Å². The highest BCUT2D eigenvalue weighted by Crippen LogP contribution is 2.62. The Bertz CT molecular complexity index is 2820. The molecule has 8 aliphatic rings. The van der Waals surface area contributed by atoms with Crippen molar-refractivity contribution in [3.63, 3.8) is 0 Å². The maximum absolute atomic E-state index is 15.8. The molecule has 6 heterocycles. The summed E-state index contributed by atoms with van der Waals surface area (Å²) >= 11 is 0. The molecule has 4 N–H and O–H groups in total. The van der Waals surface area contributed by atoms with Gasteiger partial charge in [0, 0.05) is 19.1 Å². The summed E-state index contributed by atoms with van der Waals surface area (Å²) in [7, 11) is 5.23. The van der Waals surface area contributed by atoms with Crippen molar-refractivity contribution in [1.29, 1.82) is 0 Å². The maximum atomic E-state index is 15.8. The van der Waals surface area contributed by atoms with Crippen molar-refractivity contribution in [3.8, 4) is 23.0 Å². The highest BCUT2D eigenvalue weighted by molar-refractivity contribution is 5.88. The van der Waals surface area contributed by atoms with Crippen LogP contribution in [0.5, 0.6) is 23.0 Å². The van der Waals surface area contributed by atoms with Crippen molar-refractivity contribution in [3.05, 3.63) is 70.2 Å². The molecule has 0 aromatic heterocycles. The Morgan fingerprint density at radius 2 is 1.12 bits per heavy atom. The van der Waals surface area contributed by atoms with Gasteiger partial charge in [0.15, 0.2) is 46.4 Å². The molecule has 2 aliphatic carbocycles. The average molecular weight is 1090 g/mol. The molecular weight excluding hydrogens is 1020 g/mol. The van der Waals surface area contributed by atoms with Crippen LogP contribution in [-0.2, 0) is 65.2 Å². The Labute approximate surface area is 452 Å². The van der Waals surface area contributed by atoms with Crippen LogP contribution >= 0.6 is 0 Å². The molecule has 424 valence electrons. The number of carbonyl (C=O) groups is 5. The first kappa shape index (κ1) is 55.2. The highest BCUT2D eigenvalue weighted by Gasteiger charge is 2.68. The number of aliphatic hydroxyl groups is 4. The third-order valence-electron chi connectivity index (χ3n) is 17.6. The fourth-order valence-corrected chi connectivity index (χ4v) is 13.8. The first-order chi connectivity index (χ1) is 36.9. The second-order valence-electron chi connectivity index (χ2n) is 23.5. The van der Waals surface area contributed by atoms with E-state index in [0.29, 0.717) is 61.0 Å². The summed E-state index contributed by atoms with van der Waals surface area (Å²) in [6.07, 6.45) is 1.87. The second kappa shape index (κ2) is 20.2. The fraction of sp³-hybridized carbons (Fsp3) is 0.632. The van der Waals surface area contributed by atoms with Crippen molar-refractivity contribution in [2.45, 2.75) is 168 Å². The van der Waals surface area contributed by atoms with E-state index < -0.39 is 106 Å². The number of carbonyl (C=O) groups excluding carboxylic acids is 5. The van der Waals surface area contributed by atoms with Crippen LogP contribution in [0.4, 0.5) is 0 Å². The number of benzene rings is 2. The molecule has 10 atom stereocenters. The first-order valence-corrected chi connectivity index (χ1v) is 26.8. The molecule has 6 aliphatic heterocycles. The summed E-state index contributed by atoms with van der Waals surface area (Å²) in [5.74, 6) is -3.63. The van der Waals surface area contributed by atoms with Crippen molar-refractivity contribution in [2.75, 3.05) is 55.1 Å². The van der Waals surface area contributed by atoms with E-state index in [4.69, 9.17) is 47.4 Å². The van der Waals surface area contributed by atoms with E-state index in [1.807, 2.05) is 41.3 Å². The van der Waals surface area contributed by atoms with Gasteiger partial charge in [-0.25, -0.2) is 9.59 Å². The lowest BCUT2D eigenvalue weighted by molar-refractivity contribution is -0.179. The average Bonchev–Trinajstić information content (AvgIpc) is 4.38. The van der Waals surface area contributed by atoms with Crippen LogP contribution in [0.2, 0.25) is 0 Å². The van der Waals surface area contributed by atoms with E-state index in [1.165, 1.54) is 28.1 Å². The third-order valence-corrected chi connectivity index (χ3v) is 17.6. The van der Waals surface area contributed by atoms with Crippen LogP contribution in [0.1, 0.15) is 126 Å². The SMILES string of the molecule is COC(=O)CC(O)(CCCC(C)(C)O)C(=O)OC1C(OC)=CC23CC(C4CCC56C=C(OC)C(OC(=O)C(O)(CCC(C)(C)O)CC(=O)OC)C5c5cc7c(cc5CCN46)OCO7)C(=O)N2CCc2cc4c(cc2C13)OCO4. The predicted molar refractivity (Wildman–Crippen MR) is 272 cm³/mol. The van der Waals surface area contributed by atoms with Gasteiger partial charge in [0.05, 0.1) is 81.3 Å². The molecule has 10 rings (SSSR count). The summed E-state index contributed by atoms with van der Waals surface area (Å²) in [5.41, 5.74) is -6.08. The van der Waals surface area contributed by atoms with Crippen LogP contribution in [0.3, 0.4) is 0 Å². The minimum atomic E-state index is -2.39. The Kier molecular flexibility index (Phi) is 14.3. The Morgan fingerprint density at radius 3 is 1.62 bits per heavy atom. The van der Waals surface area contributed by atoms with E-state index in [1.54, 1.807) is 13.8 Å². The lowest BCUT2D eigenvalue weighted by Gasteiger charge is -2.42. The lowest BCUT2D eigenvalue weighted by Crippen LogP contribution is -2.53. The fourth-order valence-electron chi connectivity index (χ4n) is 13.8. The Morgan fingerprint density at radius 1 is 0.641 bits per heavy atom. The largest absolute Gasteiger partial charge is 0.497 e. The van der Waals surface area contributed by atoms with E-state index >= 15 is 4.79 Å². The van der Waals surface area contributed by atoms with Crippen LogP contribution in [0.25, 0.3) is 0 Å². The maximum Gasteiger partial charge on any atom is 0.339 e. The quantitative estimate of drug-likeness (QED) is 0.122. The zero-order chi connectivity index (χ0) is 55.9. The van der Waals surface area contributed by atoms with Gasteiger partial charge < -0.3 is 72.7 Å². The van der Waals surface area contributed by atoms with Gasteiger partial charge in [-0.15, -0.1) is 0 Å². The molecule has 21 nitrogen and oxygen atoms in total. The van der Waals surface area contributed by atoms with Crippen molar-refractivity contribution < 1.29 is 91.8 Å². The van der Waals surface area contributed by atoms with Crippen molar-refractivity contribution in [2.24, 2.45) is 5.92 Å². The molecule has 2 aromatic rings. The van der Waals surface area contributed by atoms with E-state index in [0.717, 1.165) is 36.5 Å². The molecule has 2 fully saturated rings. The summed E-state index contributed by atoms with van der Waals surface area (Å²) in [6, 6.07) is 7.15.